The second-order valence-corrected chi connectivity index (χ2v) is 8.00. The van der Waals surface area contributed by atoms with E-state index in [1.807, 2.05) is 73.0 Å². The lowest BCUT2D eigenvalue weighted by atomic mass is 10.3. The molecule has 4 rings (SSSR count). The van der Waals surface area contributed by atoms with Crippen LogP contribution >= 0.6 is 23.4 Å². The lowest BCUT2D eigenvalue weighted by Gasteiger charge is -2.11. The third-order valence-electron chi connectivity index (χ3n) is 4.31. The molecule has 0 fully saturated rings. The summed E-state index contributed by atoms with van der Waals surface area (Å²) in [5.41, 5.74) is 1.75. The number of nitrogens with zero attached hydrogens (tertiary/aromatic N) is 4. The van der Waals surface area contributed by atoms with E-state index in [4.69, 9.17) is 25.6 Å². The largest absolute Gasteiger partial charge is 0.494 e. The van der Waals surface area contributed by atoms with Crippen molar-refractivity contribution in [2.75, 3.05) is 6.61 Å². The smallest absolute Gasteiger partial charge is 0.196 e. The van der Waals surface area contributed by atoms with Crippen LogP contribution in [0.3, 0.4) is 0 Å². The fraction of sp³-hybridized carbons (Fsp3) is 0.227. The molecule has 4 aromatic rings. The summed E-state index contributed by atoms with van der Waals surface area (Å²) in [7, 11) is 0. The van der Waals surface area contributed by atoms with Gasteiger partial charge in [-0.15, -0.1) is 10.2 Å². The minimum Gasteiger partial charge on any atom is -0.494 e. The second-order valence-electron chi connectivity index (χ2n) is 6.62. The molecule has 31 heavy (non-hydrogen) atoms. The highest BCUT2D eigenvalue weighted by Crippen LogP contribution is 2.27. The molecule has 0 N–H and O–H groups in total. The average Bonchev–Trinajstić information content (AvgIpc) is 3.38. The van der Waals surface area contributed by atoms with Crippen molar-refractivity contribution in [1.82, 2.24) is 19.9 Å². The van der Waals surface area contributed by atoms with Gasteiger partial charge in [-0.1, -0.05) is 28.5 Å². The molecule has 0 aliphatic carbocycles. The molecule has 0 bridgehead atoms. The van der Waals surface area contributed by atoms with Gasteiger partial charge in [-0.25, -0.2) is 0 Å². The molecule has 7 nitrogen and oxygen atoms in total. The fourth-order valence-electron chi connectivity index (χ4n) is 2.91. The molecule has 0 spiro atoms. The number of ether oxygens (including phenoxy) is 2. The Hall–Kier alpha value is -2.97. The lowest BCUT2D eigenvalue weighted by Crippen LogP contribution is -2.06. The lowest BCUT2D eigenvalue weighted by molar-refractivity contribution is 0.291. The molecule has 0 aliphatic rings. The highest BCUT2D eigenvalue weighted by atomic mass is 35.5. The van der Waals surface area contributed by atoms with E-state index in [1.54, 1.807) is 0 Å². The number of halogens is 1. The van der Waals surface area contributed by atoms with Crippen LogP contribution < -0.4 is 9.47 Å². The molecule has 0 aliphatic heterocycles. The maximum Gasteiger partial charge on any atom is 0.196 e. The maximum atomic E-state index is 6.07. The molecule has 2 heterocycles. The molecule has 0 radical (unpaired) electrons. The van der Waals surface area contributed by atoms with Crippen molar-refractivity contribution in [1.29, 1.82) is 0 Å². The van der Waals surface area contributed by atoms with Gasteiger partial charge in [0.25, 0.3) is 0 Å². The Bertz CT molecular complexity index is 1130. The monoisotopic (exact) mass is 456 g/mol. The Morgan fingerprint density at radius 3 is 2.35 bits per heavy atom. The Balaban J connectivity index is 1.54. The zero-order chi connectivity index (χ0) is 21.6. The number of hydrogen-bond donors (Lipinski definition) is 0. The van der Waals surface area contributed by atoms with Crippen LogP contribution in [0.25, 0.3) is 5.69 Å². The van der Waals surface area contributed by atoms with E-state index < -0.39 is 0 Å². The molecule has 0 unspecified atom stereocenters. The number of benzene rings is 2. The van der Waals surface area contributed by atoms with E-state index in [9.17, 15) is 0 Å². The summed E-state index contributed by atoms with van der Waals surface area (Å²) in [4.78, 5) is 0. The van der Waals surface area contributed by atoms with Crippen LogP contribution in [0.4, 0.5) is 0 Å². The van der Waals surface area contributed by atoms with E-state index in [1.165, 1.54) is 11.8 Å². The summed E-state index contributed by atoms with van der Waals surface area (Å²) >= 11 is 7.60. The van der Waals surface area contributed by atoms with Crippen molar-refractivity contribution in [2.24, 2.45) is 0 Å². The third-order valence-corrected chi connectivity index (χ3v) is 5.53. The van der Waals surface area contributed by atoms with Crippen LogP contribution in [0.1, 0.15) is 24.2 Å². The van der Waals surface area contributed by atoms with Crippen LogP contribution in [-0.4, -0.2) is 26.5 Å². The normalized spacial score (nSPS) is 10.9. The molecule has 2 aromatic heterocycles. The van der Waals surface area contributed by atoms with Gasteiger partial charge in [0.2, 0.25) is 0 Å². The van der Waals surface area contributed by atoms with Crippen LogP contribution in [0.15, 0.2) is 64.3 Å². The molecule has 2 aromatic carbocycles. The summed E-state index contributed by atoms with van der Waals surface area (Å²) in [6.07, 6.45) is 0. The number of rotatable bonds is 9. The Morgan fingerprint density at radius 2 is 1.71 bits per heavy atom. The Labute approximate surface area is 189 Å². The minimum absolute atomic E-state index is 0.257. The van der Waals surface area contributed by atoms with E-state index in [0.717, 1.165) is 33.8 Å². The fourth-order valence-corrected chi connectivity index (χ4v) is 3.89. The van der Waals surface area contributed by atoms with Gasteiger partial charge in [-0.05, 0) is 62.4 Å². The van der Waals surface area contributed by atoms with E-state index >= 15 is 0 Å². The molecular weight excluding hydrogens is 436 g/mol. The van der Waals surface area contributed by atoms with Crippen molar-refractivity contribution < 1.29 is 14.0 Å². The zero-order valence-corrected chi connectivity index (χ0v) is 18.7. The summed E-state index contributed by atoms with van der Waals surface area (Å²) in [6.45, 7) is 4.70. The molecule has 0 atom stereocenters. The molecule has 9 heteroatoms. The second kappa shape index (κ2) is 9.89. The van der Waals surface area contributed by atoms with Gasteiger partial charge in [0.05, 0.1) is 12.3 Å². The first-order valence-electron chi connectivity index (χ1n) is 9.73. The molecular formula is C22H21ClN4O3S. The van der Waals surface area contributed by atoms with Crippen LogP contribution in [0, 0.1) is 6.92 Å². The summed E-state index contributed by atoms with van der Waals surface area (Å²) in [5.74, 6) is 3.60. The third kappa shape index (κ3) is 5.39. The predicted octanol–water partition coefficient (Wildman–Crippen LogP) is 5.49. The first kappa shape index (κ1) is 21.3. The number of thioether (sulfide) groups is 1. The van der Waals surface area contributed by atoms with Gasteiger partial charge in [0, 0.05) is 22.5 Å². The van der Waals surface area contributed by atoms with E-state index in [0.29, 0.717) is 23.2 Å². The summed E-state index contributed by atoms with van der Waals surface area (Å²) < 4.78 is 18.5. The maximum absolute atomic E-state index is 6.07. The van der Waals surface area contributed by atoms with E-state index in [2.05, 4.69) is 15.4 Å². The van der Waals surface area contributed by atoms with Gasteiger partial charge in [0.1, 0.15) is 23.9 Å². The quantitative estimate of drug-likeness (QED) is 0.308. The minimum atomic E-state index is 0.257. The highest BCUT2D eigenvalue weighted by Gasteiger charge is 2.16. The summed E-state index contributed by atoms with van der Waals surface area (Å²) in [5, 5.41) is 14.2. The average molecular weight is 457 g/mol. The van der Waals surface area contributed by atoms with Crippen LogP contribution in [0.2, 0.25) is 5.02 Å². The van der Waals surface area contributed by atoms with Crippen molar-refractivity contribution >= 4 is 23.4 Å². The van der Waals surface area contributed by atoms with Crippen molar-refractivity contribution in [3.63, 3.8) is 0 Å². The Kier molecular flexibility index (Phi) is 6.79. The number of aryl methyl sites for hydroxylation is 1. The predicted molar refractivity (Wildman–Crippen MR) is 119 cm³/mol. The SMILES string of the molecule is CCOc1ccc(OCc2nnc(SCc3cc(C)on3)n2-c2ccc(Cl)cc2)cc1. The van der Waals surface area contributed by atoms with Gasteiger partial charge in [0.15, 0.2) is 11.0 Å². The first-order chi connectivity index (χ1) is 15.1. The summed E-state index contributed by atoms with van der Waals surface area (Å²) in [6, 6.07) is 16.9. The molecule has 0 saturated heterocycles. The number of hydrogen-bond acceptors (Lipinski definition) is 7. The van der Waals surface area contributed by atoms with Crippen molar-refractivity contribution in [3.8, 4) is 17.2 Å². The van der Waals surface area contributed by atoms with Crippen LogP contribution in [-0.2, 0) is 12.4 Å². The topological polar surface area (TPSA) is 75.2 Å². The number of aromatic nitrogens is 4. The molecule has 160 valence electrons. The van der Waals surface area contributed by atoms with Gasteiger partial charge in [-0.3, -0.25) is 4.57 Å². The molecule has 0 saturated carbocycles. The van der Waals surface area contributed by atoms with Gasteiger partial charge in [-0.2, -0.15) is 0 Å². The van der Waals surface area contributed by atoms with Crippen molar-refractivity contribution in [2.45, 2.75) is 31.4 Å². The zero-order valence-electron chi connectivity index (χ0n) is 17.1. The first-order valence-corrected chi connectivity index (χ1v) is 11.1. The van der Waals surface area contributed by atoms with E-state index in [-0.39, 0.29) is 6.61 Å². The van der Waals surface area contributed by atoms with Gasteiger partial charge >= 0.3 is 0 Å². The van der Waals surface area contributed by atoms with Crippen molar-refractivity contribution in [3.05, 3.63) is 76.9 Å². The Morgan fingerprint density at radius 1 is 1.00 bits per heavy atom. The highest BCUT2D eigenvalue weighted by molar-refractivity contribution is 7.98. The van der Waals surface area contributed by atoms with Crippen LogP contribution in [0.5, 0.6) is 11.5 Å². The van der Waals surface area contributed by atoms with Gasteiger partial charge < -0.3 is 14.0 Å². The standard InChI is InChI=1S/C22H21ClN4O3S/c1-3-28-19-8-10-20(11-9-19)29-13-21-24-25-22(31-14-17-12-15(2)30-26-17)27(21)18-6-4-16(23)5-7-18/h4-12H,3,13-14H2,1-2H3. The molecule has 0 amide bonds.